The summed E-state index contributed by atoms with van der Waals surface area (Å²) in [5.74, 6) is 1.57. The van der Waals surface area contributed by atoms with E-state index in [-0.39, 0.29) is 16.7 Å². The number of allylic oxidation sites excluding steroid dienone is 2. The summed E-state index contributed by atoms with van der Waals surface area (Å²) in [4.78, 5) is 39.1. The predicted octanol–water partition coefficient (Wildman–Crippen LogP) is 5.96. The number of rotatable bonds is 14. The molecule has 1 atom stereocenters. The van der Waals surface area contributed by atoms with Gasteiger partial charge in [-0.3, -0.25) is 14.7 Å². The molecule has 1 unspecified atom stereocenters. The molecule has 1 aromatic rings. The molecule has 2 rings (SSSR count). The first kappa shape index (κ1) is 33.6. The third-order valence-corrected chi connectivity index (χ3v) is 8.83. The Morgan fingerprint density at radius 1 is 1.10 bits per heavy atom. The SMILES string of the molecule is C/C=C(\C=NC(=NC)N(CC)CCN(CC)c1ncc2c(n1)CCN(C(C)(C)CC)C2)C(=O)C(C)(CC)CCC. The van der Waals surface area contributed by atoms with Gasteiger partial charge < -0.3 is 9.80 Å². The van der Waals surface area contributed by atoms with Crippen molar-refractivity contribution in [3.05, 3.63) is 29.1 Å². The number of guanidine groups is 1. The van der Waals surface area contributed by atoms with Crippen LogP contribution in [0.25, 0.3) is 0 Å². The van der Waals surface area contributed by atoms with Gasteiger partial charge in [0.1, 0.15) is 0 Å². The number of aromatic nitrogens is 2. The summed E-state index contributed by atoms with van der Waals surface area (Å²) in [6, 6.07) is 0. The highest BCUT2D eigenvalue weighted by Gasteiger charge is 2.32. The van der Waals surface area contributed by atoms with Gasteiger partial charge in [-0.2, -0.15) is 0 Å². The molecule has 0 amide bonds. The largest absolute Gasteiger partial charge is 0.340 e. The summed E-state index contributed by atoms with van der Waals surface area (Å²) in [5, 5.41) is 0. The number of carbonyl (C=O) groups is 1. The summed E-state index contributed by atoms with van der Waals surface area (Å²) < 4.78 is 0. The summed E-state index contributed by atoms with van der Waals surface area (Å²) >= 11 is 0. The second kappa shape index (κ2) is 15.4. The van der Waals surface area contributed by atoms with Crippen LogP contribution >= 0.6 is 0 Å². The third-order valence-electron chi connectivity index (χ3n) is 8.83. The average molecular weight is 554 g/mol. The highest BCUT2D eigenvalue weighted by Crippen LogP contribution is 2.31. The molecule has 0 aliphatic carbocycles. The molecular weight excluding hydrogens is 498 g/mol. The van der Waals surface area contributed by atoms with Crippen LogP contribution in [0.1, 0.15) is 99.3 Å². The highest BCUT2D eigenvalue weighted by atomic mass is 16.1. The van der Waals surface area contributed by atoms with Crippen molar-refractivity contribution in [2.24, 2.45) is 15.4 Å². The van der Waals surface area contributed by atoms with E-state index in [0.717, 1.165) is 77.3 Å². The van der Waals surface area contributed by atoms with Crippen molar-refractivity contribution in [2.45, 2.75) is 107 Å². The van der Waals surface area contributed by atoms with E-state index in [1.54, 1.807) is 13.3 Å². The van der Waals surface area contributed by atoms with Gasteiger partial charge in [0, 0.05) is 87.2 Å². The van der Waals surface area contributed by atoms with Crippen LogP contribution < -0.4 is 4.90 Å². The van der Waals surface area contributed by atoms with Crippen molar-refractivity contribution in [2.75, 3.05) is 44.7 Å². The lowest BCUT2D eigenvalue weighted by Gasteiger charge is -2.40. The van der Waals surface area contributed by atoms with Gasteiger partial charge >= 0.3 is 0 Å². The first-order valence-corrected chi connectivity index (χ1v) is 15.4. The van der Waals surface area contributed by atoms with Crippen LogP contribution in [0.15, 0.2) is 27.8 Å². The lowest BCUT2D eigenvalue weighted by molar-refractivity contribution is -0.124. The highest BCUT2D eigenvalue weighted by molar-refractivity contribution is 6.17. The molecule has 8 heteroatoms. The molecule has 1 aliphatic rings. The quantitative estimate of drug-likeness (QED) is 0.161. The van der Waals surface area contributed by atoms with Crippen molar-refractivity contribution >= 4 is 23.9 Å². The van der Waals surface area contributed by atoms with Crippen molar-refractivity contribution in [1.82, 2.24) is 19.8 Å². The van der Waals surface area contributed by atoms with Crippen molar-refractivity contribution in [1.29, 1.82) is 0 Å². The van der Waals surface area contributed by atoms with Crippen LogP contribution in [-0.4, -0.2) is 83.0 Å². The molecule has 0 spiro atoms. The molecule has 0 saturated carbocycles. The molecule has 0 bridgehead atoms. The molecule has 0 saturated heterocycles. The van der Waals surface area contributed by atoms with E-state index in [9.17, 15) is 4.79 Å². The second-order valence-electron chi connectivity index (χ2n) is 11.7. The number of likely N-dealkylation sites (N-methyl/N-ethyl adjacent to an activating group) is 2. The summed E-state index contributed by atoms with van der Waals surface area (Å²) in [6.45, 7) is 24.3. The van der Waals surface area contributed by atoms with Gasteiger partial charge in [-0.1, -0.05) is 40.2 Å². The number of hydrogen-bond donors (Lipinski definition) is 0. The Kier molecular flexibility index (Phi) is 12.9. The molecule has 2 heterocycles. The van der Waals surface area contributed by atoms with E-state index in [2.05, 4.69) is 80.1 Å². The van der Waals surface area contributed by atoms with Gasteiger partial charge in [-0.25, -0.2) is 15.0 Å². The molecule has 0 N–H and O–H groups in total. The van der Waals surface area contributed by atoms with Gasteiger partial charge in [0.05, 0.1) is 5.69 Å². The molecule has 1 aromatic heterocycles. The van der Waals surface area contributed by atoms with E-state index < -0.39 is 0 Å². The molecule has 0 fully saturated rings. The van der Waals surface area contributed by atoms with Crippen molar-refractivity contribution in [3.63, 3.8) is 0 Å². The molecule has 8 nitrogen and oxygen atoms in total. The molecular formula is C32H55N7O. The molecule has 0 aromatic carbocycles. The fourth-order valence-electron chi connectivity index (χ4n) is 5.26. The van der Waals surface area contributed by atoms with Crippen LogP contribution in [0, 0.1) is 5.41 Å². The first-order chi connectivity index (χ1) is 19.0. The number of aliphatic imine (C=N–C) groups is 2. The lowest BCUT2D eigenvalue weighted by Crippen LogP contribution is -2.46. The third kappa shape index (κ3) is 8.21. The summed E-state index contributed by atoms with van der Waals surface area (Å²) in [7, 11) is 1.76. The van der Waals surface area contributed by atoms with E-state index in [1.807, 2.05) is 19.2 Å². The maximum atomic E-state index is 13.3. The van der Waals surface area contributed by atoms with E-state index in [1.165, 1.54) is 11.3 Å². The Morgan fingerprint density at radius 2 is 1.82 bits per heavy atom. The maximum Gasteiger partial charge on any atom is 0.225 e. The minimum absolute atomic E-state index is 0.157. The van der Waals surface area contributed by atoms with Crippen LogP contribution in [0.5, 0.6) is 0 Å². The van der Waals surface area contributed by atoms with Gasteiger partial charge in [0.15, 0.2) is 5.78 Å². The number of nitrogens with zero attached hydrogens (tertiary/aromatic N) is 7. The number of Topliss-reactive ketones (excluding diaryl/α,β-unsaturated/α-hetero) is 1. The molecule has 40 heavy (non-hydrogen) atoms. The summed E-state index contributed by atoms with van der Waals surface area (Å²) in [5.41, 5.74) is 2.88. The lowest BCUT2D eigenvalue weighted by atomic mass is 9.76. The zero-order chi connectivity index (χ0) is 29.9. The molecule has 0 radical (unpaired) electrons. The maximum absolute atomic E-state index is 13.3. The van der Waals surface area contributed by atoms with E-state index in [4.69, 9.17) is 9.97 Å². The first-order valence-electron chi connectivity index (χ1n) is 15.4. The Labute approximate surface area is 244 Å². The van der Waals surface area contributed by atoms with E-state index in [0.29, 0.717) is 11.5 Å². The van der Waals surface area contributed by atoms with Crippen LogP contribution in [0.2, 0.25) is 0 Å². The molecule has 224 valence electrons. The number of fused-ring (bicyclic) bond motifs is 1. The predicted molar refractivity (Wildman–Crippen MR) is 170 cm³/mol. The standard InChI is InChI=1S/C32H55N7O/c1-11-18-32(9,14-4)28(40)25(12-2)22-34-29(33-10)37(15-5)20-21-38(16-6)30-35-23-26-24-39(31(7,8)13-3)19-17-27(26)36-30/h12,22-23H,11,13-21,24H2,1-10H3/b25-12+,33-29?,34-22?. The Hall–Kier alpha value is -2.61. The summed E-state index contributed by atoms with van der Waals surface area (Å²) in [6.07, 6.45) is 10.3. The van der Waals surface area contributed by atoms with E-state index >= 15 is 0 Å². The van der Waals surface area contributed by atoms with Gasteiger partial charge in [0.25, 0.3) is 0 Å². The molecule has 1 aliphatic heterocycles. The monoisotopic (exact) mass is 553 g/mol. The zero-order valence-corrected chi connectivity index (χ0v) is 27.0. The van der Waals surface area contributed by atoms with Gasteiger partial charge in [-0.05, 0) is 53.9 Å². The minimum Gasteiger partial charge on any atom is -0.340 e. The van der Waals surface area contributed by atoms with Gasteiger partial charge in [-0.15, -0.1) is 0 Å². The van der Waals surface area contributed by atoms with Crippen LogP contribution in [0.4, 0.5) is 5.95 Å². The number of ketones is 1. The van der Waals surface area contributed by atoms with Gasteiger partial charge in [0.2, 0.25) is 11.9 Å². The number of anilines is 1. The Morgan fingerprint density at radius 3 is 2.38 bits per heavy atom. The number of hydrogen-bond acceptors (Lipinski definition) is 6. The Bertz CT molecular complexity index is 1060. The average Bonchev–Trinajstić information content (AvgIpc) is 2.97. The Balaban J connectivity index is 2.12. The van der Waals surface area contributed by atoms with Crippen molar-refractivity contribution in [3.8, 4) is 0 Å². The smallest absolute Gasteiger partial charge is 0.225 e. The number of carbonyl (C=O) groups excluding carboxylic acids is 1. The fourth-order valence-corrected chi connectivity index (χ4v) is 5.26. The zero-order valence-electron chi connectivity index (χ0n) is 27.0. The minimum atomic E-state index is -0.364. The van der Waals surface area contributed by atoms with Crippen LogP contribution in [0.3, 0.4) is 0 Å². The topological polar surface area (TPSA) is 77.3 Å². The second-order valence-corrected chi connectivity index (χ2v) is 11.7. The van der Waals surface area contributed by atoms with Crippen molar-refractivity contribution < 1.29 is 4.79 Å². The normalized spacial score (nSPS) is 16.6. The fraction of sp³-hybridized carbons (Fsp3) is 0.719. The van der Waals surface area contributed by atoms with Crippen LogP contribution in [-0.2, 0) is 17.8 Å².